The second kappa shape index (κ2) is 10.7. The molecule has 8 nitrogen and oxygen atoms in total. The number of aryl methyl sites for hydroxylation is 2. The van der Waals surface area contributed by atoms with Crippen LogP contribution in [0, 0.1) is 13.8 Å². The molecule has 1 atom stereocenters. The van der Waals surface area contributed by atoms with Gasteiger partial charge in [-0.2, -0.15) is 0 Å². The lowest BCUT2D eigenvalue weighted by molar-refractivity contribution is 0.199. The molecule has 37 heavy (non-hydrogen) atoms. The molecule has 0 saturated heterocycles. The Labute approximate surface area is 216 Å². The minimum absolute atomic E-state index is 0.441. The van der Waals surface area contributed by atoms with Crippen LogP contribution in [0.3, 0.4) is 0 Å². The van der Waals surface area contributed by atoms with Gasteiger partial charge >= 0.3 is 6.09 Å². The molecule has 1 aromatic heterocycles. The van der Waals surface area contributed by atoms with Crippen molar-refractivity contribution in [2.75, 3.05) is 26.2 Å². The van der Waals surface area contributed by atoms with E-state index in [0.717, 1.165) is 22.1 Å². The highest BCUT2D eigenvalue weighted by atomic mass is 16.5. The van der Waals surface area contributed by atoms with Crippen molar-refractivity contribution < 1.29 is 28.8 Å². The molecule has 0 radical (unpaired) electrons. The number of aromatic nitrogens is 1. The summed E-state index contributed by atoms with van der Waals surface area (Å²) in [6, 6.07) is 16.1. The van der Waals surface area contributed by atoms with E-state index in [1.54, 1.807) is 39.7 Å². The average molecular weight is 503 g/mol. The number of methoxy groups -OCH3 is 3. The molecule has 1 N–H and O–H groups in total. The van der Waals surface area contributed by atoms with Crippen LogP contribution in [0.25, 0.3) is 10.9 Å². The third-order valence-corrected chi connectivity index (χ3v) is 6.35. The largest absolute Gasteiger partial charge is 0.497 e. The Kier molecular flexibility index (Phi) is 7.38. The Morgan fingerprint density at radius 3 is 2.27 bits per heavy atom. The minimum atomic E-state index is -1.05. The Morgan fingerprint density at radius 1 is 0.865 bits per heavy atom. The smallest absolute Gasteiger partial charge is 0.412 e. The van der Waals surface area contributed by atoms with Crippen LogP contribution in [0.5, 0.6) is 28.7 Å². The molecule has 0 spiro atoms. The van der Waals surface area contributed by atoms with Crippen molar-refractivity contribution in [3.8, 4) is 28.7 Å². The van der Waals surface area contributed by atoms with Crippen LogP contribution in [0.2, 0.25) is 0 Å². The number of benzene rings is 3. The second-order valence-electron chi connectivity index (χ2n) is 8.64. The fourth-order valence-electron chi connectivity index (χ4n) is 4.33. The molecule has 0 bridgehead atoms. The van der Waals surface area contributed by atoms with Crippen molar-refractivity contribution in [1.29, 1.82) is 0 Å². The molecule has 0 aliphatic heterocycles. The van der Waals surface area contributed by atoms with Crippen LogP contribution in [0.1, 0.15) is 29.7 Å². The number of rotatable bonds is 8. The molecule has 1 unspecified atom stereocenters. The van der Waals surface area contributed by atoms with Crippen LogP contribution in [0.15, 0.2) is 60.8 Å². The van der Waals surface area contributed by atoms with Gasteiger partial charge in [0.2, 0.25) is 0 Å². The fourth-order valence-corrected chi connectivity index (χ4v) is 4.33. The zero-order valence-corrected chi connectivity index (χ0v) is 21.7. The summed E-state index contributed by atoms with van der Waals surface area (Å²) < 4.78 is 22.5. The van der Waals surface area contributed by atoms with Crippen LogP contribution in [-0.4, -0.2) is 37.5 Å². The van der Waals surface area contributed by atoms with Gasteiger partial charge in [0.1, 0.15) is 17.2 Å². The zero-order chi connectivity index (χ0) is 26.7. The Morgan fingerprint density at radius 2 is 1.59 bits per heavy atom. The Bertz CT molecular complexity index is 1450. The number of nitrogens with zero attached hydrogens (tertiary/aromatic N) is 2. The molecule has 0 fully saturated rings. The molecule has 192 valence electrons. The Hall–Kier alpha value is -4.46. The third-order valence-electron chi connectivity index (χ3n) is 6.35. The lowest BCUT2D eigenvalue weighted by Crippen LogP contribution is -2.32. The molecule has 0 aliphatic rings. The van der Waals surface area contributed by atoms with E-state index in [-0.39, 0.29) is 0 Å². The fraction of sp³-hybridized carbons (Fsp3) is 0.241. The van der Waals surface area contributed by atoms with Crippen LogP contribution < -0.4 is 23.8 Å². The van der Waals surface area contributed by atoms with Crippen molar-refractivity contribution in [3.63, 3.8) is 0 Å². The summed E-state index contributed by atoms with van der Waals surface area (Å²) >= 11 is 0. The first kappa shape index (κ1) is 25.6. The summed E-state index contributed by atoms with van der Waals surface area (Å²) in [6.45, 7) is 5.61. The van der Waals surface area contributed by atoms with E-state index in [9.17, 15) is 9.90 Å². The van der Waals surface area contributed by atoms with E-state index in [0.29, 0.717) is 40.0 Å². The van der Waals surface area contributed by atoms with E-state index in [1.165, 1.54) is 4.90 Å². The molecule has 0 saturated carbocycles. The molecule has 1 amide bonds. The van der Waals surface area contributed by atoms with Gasteiger partial charge in [-0.05, 0) is 73.9 Å². The predicted molar refractivity (Wildman–Crippen MR) is 143 cm³/mol. The lowest BCUT2D eigenvalue weighted by atomic mass is 10.0. The van der Waals surface area contributed by atoms with Gasteiger partial charge in [0.05, 0.1) is 38.6 Å². The van der Waals surface area contributed by atoms with Crippen molar-refractivity contribution >= 4 is 22.7 Å². The van der Waals surface area contributed by atoms with E-state index >= 15 is 0 Å². The van der Waals surface area contributed by atoms with Gasteiger partial charge in [-0.25, -0.2) is 4.79 Å². The summed E-state index contributed by atoms with van der Waals surface area (Å²) in [5.41, 5.74) is 3.65. The third kappa shape index (κ3) is 5.09. The summed E-state index contributed by atoms with van der Waals surface area (Å²) in [5, 5.41) is 10.9. The average Bonchev–Trinajstić information content (AvgIpc) is 2.90. The molecule has 3 aromatic carbocycles. The number of carboxylic acid groups (broad SMARTS) is 1. The van der Waals surface area contributed by atoms with E-state index in [1.807, 2.05) is 63.2 Å². The van der Waals surface area contributed by atoms with Gasteiger partial charge in [0.15, 0.2) is 11.5 Å². The van der Waals surface area contributed by atoms with E-state index in [4.69, 9.17) is 18.9 Å². The van der Waals surface area contributed by atoms with Gasteiger partial charge in [-0.15, -0.1) is 0 Å². The number of anilines is 1. The van der Waals surface area contributed by atoms with Crippen LogP contribution in [-0.2, 0) is 0 Å². The highest BCUT2D eigenvalue weighted by Gasteiger charge is 2.26. The summed E-state index contributed by atoms with van der Waals surface area (Å²) in [6.07, 6.45) is 0.620. The highest BCUT2D eigenvalue weighted by Crippen LogP contribution is 2.40. The quantitative estimate of drug-likeness (QED) is 0.280. The molecular formula is C29H30N2O6. The van der Waals surface area contributed by atoms with Gasteiger partial charge in [0, 0.05) is 17.6 Å². The number of fused-ring (bicyclic) bond motifs is 1. The van der Waals surface area contributed by atoms with Crippen molar-refractivity contribution in [2.45, 2.75) is 26.8 Å². The summed E-state index contributed by atoms with van der Waals surface area (Å²) in [7, 11) is 4.74. The van der Waals surface area contributed by atoms with Gasteiger partial charge < -0.3 is 24.1 Å². The van der Waals surface area contributed by atoms with Crippen molar-refractivity contribution in [1.82, 2.24) is 4.98 Å². The first-order chi connectivity index (χ1) is 17.8. The maximum atomic E-state index is 12.4. The van der Waals surface area contributed by atoms with Gasteiger partial charge in [0.25, 0.3) is 0 Å². The Balaban J connectivity index is 1.72. The van der Waals surface area contributed by atoms with E-state index < -0.39 is 12.1 Å². The van der Waals surface area contributed by atoms with Gasteiger partial charge in [-0.3, -0.25) is 9.88 Å². The molecular weight excluding hydrogens is 472 g/mol. The molecule has 4 rings (SSSR count). The maximum Gasteiger partial charge on any atom is 0.412 e. The monoisotopic (exact) mass is 502 g/mol. The van der Waals surface area contributed by atoms with E-state index in [2.05, 4.69) is 4.98 Å². The molecule has 4 aromatic rings. The molecule has 8 heteroatoms. The zero-order valence-electron chi connectivity index (χ0n) is 21.7. The summed E-state index contributed by atoms with van der Waals surface area (Å²) in [5.74, 6) is 3.03. The number of hydrogen-bond acceptors (Lipinski definition) is 6. The molecule has 1 heterocycles. The second-order valence-corrected chi connectivity index (χ2v) is 8.64. The van der Waals surface area contributed by atoms with Crippen LogP contribution >= 0.6 is 0 Å². The number of ether oxygens (including phenoxy) is 4. The number of pyridine rings is 1. The van der Waals surface area contributed by atoms with Crippen molar-refractivity contribution in [3.05, 3.63) is 77.5 Å². The first-order valence-electron chi connectivity index (χ1n) is 11.7. The standard InChI is InChI=1S/C29H30N2O6/c1-17-13-26(37-25-10-11-30-23-16-28(36-6)27(35-5)15-22(23)25)18(2)12-24(17)31(29(32)33)19(3)20-8-7-9-21(14-20)34-4/h7-16,19H,1-6H3,(H,32,33). The maximum absolute atomic E-state index is 12.4. The number of hydrogen-bond donors (Lipinski definition) is 1. The highest BCUT2D eigenvalue weighted by molar-refractivity contribution is 5.90. The van der Waals surface area contributed by atoms with Crippen molar-refractivity contribution in [2.24, 2.45) is 0 Å². The van der Waals surface area contributed by atoms with Crippen LogP contribution in [0.4, 0.5) is 10.5 Å². The minimum Gasteiger partial charge on any atom is -0.497 e. The van der Waals surface area contributed by atoms with Gasteiger partial charge in [-0.1, -0.05) is 12.1 Å². The number of amides is 1. The normalized spacial score (nSPS) is 11.6. The SMILES string of the molecule is COc1cccc(C(C)N(C(=O)O)c2cc(C)c(Oc3ccnc4cc(OC)c(OC)cc34)cc2C)c1. The lowest BCUT2D eigenvalue weighted by Gasteiger charge is -2.29. The summed E-state index contributed by atoms with van der Waals surface area (Å²) in [4.78, 5) is 18.2. The topological polar surface area (TPSA) is 90.4 Å². The predicted octanol–water partition coefficient (Wildman–Crippen LogP) is 6.92. The molecule has 0 aliphatic carbocycles. The number of carbonyl (C=O) groups is 1. The first-order valence-corrected chi connectivity index (χ1v) is 11.7.